The van der Waals surface area contributed by atoms with Crippen LogP contribution in [0.1, 0.15) is 25.5 Å². The van der Waals surface area contributed by atoms with Crippen LogP contribution in [0.15, 0.2) is 34.9 Å². The molecule has 1 N–H and O–H groups in total. The maximum absolute atomic E-state index is 10.3. The molecule has 4 heteroatoms. The summed E-state index contributed by atoms with van der Waals surface area (Å²) in [7, 11) is 0. The molecular formula is C14H16N2O2. The Bertz CT molecular complexity index is 503. The summed E-state index contributed by atoms with van der Waals surface area (Å²) in [6.45, 7) is 2.15. The highest BCUT2D eigenvalue weighted by molar-refractivity contribution is 5.73. The number of carbonyl (C=O) groups is 1. The van der Waals surface area contributed by atoms with Crippen LogP contribution >= 0.6 is 0 Å². The summed E-state index contributed by atoms with van der Waals surface area (Å²) in [4.78, 5) is 10.3. The third-order valence-electron chi connectivity index (χ3n) is 2.74. The number of carbonyl (C=O) groups excluding carboxylic acids is 1. The van der Waals surface area contributed by atoms with Gasteiger partial charge in [-0.15, -0.1) is 0 Å². The first kappa shape index (κ1) is 12.4. The van der Waals surface area contributed by atoms with E-state index in [9.17, 15) is 4.79 Å². The summed E-state index contributed by atoms with van der Waals surface area (Å²) < 4.78 is 5.28. The molecule has 0 unspecified atom stereocenters. The average Bonchev–Trinajstić information content (AvgIpc) is 2.86. The number of hydrogen-bond acceptors (Lipinski definition) is 3. The van der Waals surface area contributed by atoms with Crippen molar-refractivity contribution in [3.63, 3.8) is 0 Å². The summed E-state index contributed by atoms with van der Waals surface area (Å²) in [6, 6.07) is 9.46. The van der Waals surface area contributed by atoms with E-state index in [1.807, 2.05) is 30.3 Å². The van der Waals surface area contributed by atoms with Crippen LogP contribution in [0.3, 0.4) is 0 Å². The Hall–Kier alpha value is -2.10. The van der Waals surface area contributed by atoms with Gasteiger partial charge in [0.05, 0.1) is 0 Å². The smallest absolute Gasteiger partial charge is 0.211 e. The van der Waals surface area contributed by atoms with Crippen molar-refractivity contribution in [1.82, 2.24) is 5.16 Å². The van der Waals surface area contributed by atoms with E-state index in [0.29, 0.717) is 6.41 Å². The van der Waals surface area contributed by atoms with E-state index >= 15 is 0 Å². The fourth-order valence-corrected chi connectivity index (χ4v) is 1.72. The van der Waals surface area contributed by atoms with Crippen molar-refractivity contribution in [3.05, 3.63) is 36.1 Å². The SMILES string of the molecule is CCCCc1cc(-c2ccc(NC=O)cc2)no1. The van der Waals surface area contributed by atoms with Crippen molar-refractivity contribution < 1.29 is 9.32 Å². The third-order valence-corrected chi connectivity index (χ3v) is 2.74. The third kappa shape index (κ3) is 2.97. The lowest BCUT2D eigenvalue weighted by Gasteiger charge is -1.99. The van der Waals surface area contributed by atoms with Crippen molar-refractivity contribution in [2.24, 2.45) is 0 Å². The van der Waals surface area contributed by atoms with Gasteiger partial charge in [-0.05, 0) is 18.6 Å². The molecule has 0 bridgehead atoms. The highest BCUT2D eigenvalue weighted by atomic mass is 16.5. The van der Waals surface area contributed by atoms with E-state index in [-0.39, 0.29) is 0 Å². The summed E-state index contributed by atoms with van der Waals surface area (Å²) in [6.07, 6.45) is 3.83. The number of nitrogens with zero attached hydrogens (tertiary/aromatic N) is 1. The average molecular weight is 244 g/mol. The highest BCUT2D eigenvalue weighted by Crippen LogP contribution is 2.21. The fourth-order valence-electron chi connectivity index (χ4n) is 1.72. The molecule has 0 aliphatic carbocycles. The molecule has 0 saturated heterocycles. The lowest BCUT2D eigenvalue weighted by atomic mass is 10.1. The van der Waals surface area contributed by atoms with Gasteiger partial charge in [0.15, 0.2) is 0 Å². The zero-order valence-corrected chi connectivity index (χ0v) is 10.3. The van der Waals surface area contributed by atoms with Crippen molar-refractivity contribution in [1.29, 1.82) is 0 Å². The van der Waals surface area contributed by atoms with Gasteiger partial charge in [-0.2, -0.15) is 0 Å². The zero-order chi connectivity index (χ0) is 12.8. The van der Waals surface area contributed by atoms with Gasteiger partial charge in [-0.1, -0.05) is 30.6 Å². The number of hydrogen-bond donors (Lipinski definition) is 1. The number of amides is 1. The Kier molecular flexibility index (Phi) is 4.12. The van der Waals surface area contributed by atoms with Gasteiger partial charge in [-0.3, -0.25) is 4.79 Å². The van der Waals surface area contributed by atoms with Crippen molar-refractivity contribution in [3.8, 4) is 11.3 Å². The Balaban J connectivity index is 2.10. The number of aromatic nitrogens is 1. The van der Waals surface area contributed by atoms with Crippen LogP contribution < -0.4 is 5.32 Å². The topological polar surface area (TPSA) is 55.1 Å². The van der Waals surface area contributed by atoms with Gasteiger partial charge >= 0.3 is 0 Å². The van der Waals surface area contributed by atoms with Gasteiger partial charge in [0.1, 0.15) is 11.5 Å². The number of anilines is 1. The number of aryl methyl sites for hydroxylation is 1. The predicted octanol–water partition coefficient (Wildman–Crippen LogP) is 3.25. The molecule has 0 fully saturated rings. The van der Waals surface area contributed by atoms with Crippen LogP contribution in [0.5, 0.6) is 0 Å². The minimum atomic E-state index is 0.661. The maximum Gasteiger partial charge on any atom is 0.211 e. The maximum atomic E-state index is 10.3. The van der Waals surface area contributed by atoms with E-state index in [1.165, 1.54) is 0 Å². The molecule has 0 saturated carbocycles. The molecule has 1 heterocycles. The van der Waals surface area contributed by atoms with Crippen molar-refractivity contribution in [2.45, 2.75) is 26.2 Å². The Morgan fingerprint density at radius 2 is 2.11 bits per heavy atom. The first-order valence-corrected chi connectivity index (χ1v) is 6.09. The molecule has 2 aromatic rings. The van der Waals surface area contributed by atoms with Gasteiger partial charge in [0.2, 0.25) is 6.41 Å². The molecular weight excluding hydrogens is 228 g/mol. The second-order valence-corrected chi connectivity index (χ2v) is 4.12. The van der Waals surface area contributed by atoms with Gasteiger partial charge in [-0.25, -0.2) is 0 Å². The Labute approximate surface area is 106 Å². The first-order chi connectivity index (χ1) is 8.83. The number of benzene rings is 1. The zero-order valence-electron chi connectivity index (χ0n) is 10.3. The molecule has 0 radical (unpaired) electrons. The molecule has 1 aromatic heterocycles. The molecule has 0 aliphatic heterocycles. The Morgan fingerprint density at radius 1 is 1.33 bits per heavy atom. The molecule has 2 rings (SSSR count). The van der Waals surface area contributed by atoms with E-state index in [4.69, 9.17) is 4.52 Å². The molecule has 1 amide bonds. The highest BCUT2D eigenvalue weighted by Gasteiger charge is 2.06. The predicted molar refractivity (Wildman–Crippen MR) is 70.2 cm³/mol. The second-order valence-electron chi connectivity index (χ2n) is 4.12. The molecule has 0 atom stereocenters. The molecule has 94 valence electrons. The number of rotatable bonds is 6. The summed E-state index contributed by atoms with van der Waals surface area (Å²) in [5, 5.41) is 6.64. The van der Waals surface area contributed by atoms with Crippen molar-refractivity contribution >= 4 is 12.1 Å². The molecule has 0 aliphatic rings. The normalized spacial score (nSPS) is 10.3. The first-order valence-electron chi connectivity index (χ1n) is 6.09. The molecule has 1 aromatic carbocycles. The van der Waals surface area contributed by atoms with Crippen LogP contribution in [-0.4, -0.2) is 11.6 Å². The van der Waals surface area contributed by atoms with Gasteiger partial charge < -0.3 is 9.84 Å². The summed E-state index contributed by atoms with van der Waals surface area (Å²) in [5.41, 5.74) is 2.58. The number of unbranched alkanes of at least 4 members (excludes halogenated alkanes) is 1. The Morgan fingerprint density at radius 3 is 2.78 bits per heavy atom. The van der Waals surface area contributed by atoms with E-state index in [0.717, 1.165) is 42.0 Å². The van der Waals surface area contributed by atoms with E-state index in [2.05, 4.69) is 17.4 Å². The monoisotopic (exact) mass is 244 g/mol. The summed E-state index contributed by atoms with van der Waals surface area (Å²) >= 11 is 0. The second kappa shape index (κ2) is 6.00. The lowest BCUT2D eigenvalue weighted by molar-refractivity contribution is -0.105. The summed E-state index contributed by atoms with van der Waals surface area (Å²) in [5.74, 6) is 0.918. The van der Waals surface area contributed by atoms with Crippen LogP contribution in [0.4, 0.5) is 5.69 Å². The van der Waals surface area contributed by atoms with E-state index in [1.54, 1.807) is 0 Å². The standard InChI is InChI=1S/C14H16N2O2/c1-2-3-4-13-9-14(16-18-13)11-5-7-12(8-6-11)15-10-17/h5-10H,2-4H2,1H3,(H,15,17). The molecule has 18 heavy (non-hydrogen) atoms. The van der Waals surface area contributed by atoms with E-state index < -0.39 is 0 Å². The van der Waals surface area contributed by atoms with Crippen LogP contribution in [0, 0.1) is 0 Å². The lowest BCUT2D eigenvalue weighted by Crippen LogP contribution is -1.92. The minimum absolute atomic E-state index is 0.661. The fraction of sp³-hybridized carbons (Fsp3) is 0.286. The molecule has 4 nitrogen and oxygen atoms in total. The minimum Gasteiger partial charge on any atom is -0.361 e. The van der Waals surface area contributed by atoms with Crippen molar-refractivity contribution in [2.75, 3.05) is 5.32 Å². The number of nitrogens with one attached hydrogen (secondary N) is 1. The quantitative estimate of drug-likeness (QED) is 0.793. The van der Waals surface area contributed by atoms with Crippen LogP contribution in [0.25, 0.3) is 11.3 Å². The van der Waals surface area contributed by atoms with Crippen LogP contribution in [-0.2, 0) is 11.2 Å². The van der Waals surface area contributed by atoms with Gasteiger partial charge in [0, 0.05) is 23.7 Å². The molecule has 0 spiro atoms. The van der Waals surface area contributed by atoms with Gasteiger partial charge in [0.25, 0.3) is 0 Å². The largest absolute Gasteiger partial charge is 0.361 e. The van der Waals surface area contributed by atoms with Crippen LogP contribution in [0.2, 0.25) is 0 Å².